The Labute approximate surface area is 212 Å². The van der Waals surface area contributed by atoms with Gasteiger partial charge in [-0.05, 0) is 84.8 Å². The quantitative estimate of drug-likeness (QED) is 0.294. The number of hydrogen-bond donors (Lipinski definition) is 1. The van der Waals surface area contributed by atoms with Crippen LogP contribution in [-0.4, -0.2) is 5.91 Å². The van der Waals surface area contributed by atoms with Gasteiger partial charge in [-0.1, -0.05) is 79.0 Å². The van der Waals surface area contributed by atoms with Gasteiger partial charge >= 0.3 is 0 Å². The minimum Gasteiger partial charge on any atom is -0.351 e. The number of anilines is 2. The van der Waals surface area contributed by atoms with Gasteiger partial charge in [-0.2, -0.15) is 0 Å². The van der Waals surface area contributed by atoms with Gasteiger partial charge in [0.05, 0.1) is 6.04 Å². The predicted octanol–water partition coefficient (Wildman–Crippen LogP) is 8.22. The summed E-state index contributed by atoms with van der Waals surface area (Å²) in [5, 5.41) is 3.38. The van der Waals surface area contributed by atoms with Crippen LogP contribution in [0.25, 0.3) is 0 Å². The smallest absolute Gasteiger partial charge is 0.275 e. The van der Waals surface area contributed by atoms with Gasteiger partial charge < -0.3 is 5.32 Å². The van der Waals surface area contributed by atoms with Crippen LogP contribution >= 0.6 is 15.9 Å². The van der Waals surface area contributed by atoms with Crippen molar-refractivity contribution in [2.24, 2.45) is 0 Å². The maximum Gasteiger partial charge on any atom is 0.275 e. The van der Waals surface area contributed by atoms with Gasteiger partial charge in [-0.25, -0.2) is 0 Å². The van der Waals surface area contributed by atoms with Crippen LogP contribution in [0.5, 0.6) is 0 Å². The Morgan fingerprint density at radius 2 is 1.35 bits per heavy atom. The molecule has 4 rings (SSSR count). The molecule has 34 heavy (non-hydrogen) atoms. The summed E-state index contributed by atoms with van der Waals surface area (Å²) in [6, 6.07) is 24.9. The number of unbranched alkanes of at least 4 members (excludes halogenated alkanes) is 2. The fourth-order valence-corrected chi connectivity index (χ4v) is 4.60. The van der Waals surface area contributed by atoms with E-state index in [4.69, 9.17) is 0 Å². The number of hydrogen-bond acceptors (Lipinski definition) is 2. The number of halogens is 1. The van der Waals surface area contributed by atoms with Crippen molar-refractivity contribution in [3.8, 4) is 0 Å². The van der Waals surface area contributed by atoms with Crippen LogP contribution in [0, 0.1) is 0 Å². The topological polar surface area (TPSA) is 32.3 Å². The molecular weight excluding hydrogens is 484 g/mol. The first-order valence-corrected chi connectivity index (χ1v) is 13.1. The zero-order valence-electron chi connectivity index (χ0n) is 20.1. The molecule has 4 heteroatoms. The van der Waals surface area contributed by atoms with Gasteiger partial charge in [0.1, 0.15) is 5.70 Å². The molecule has 0 saturated heterocycles. The van der Waals surface area contributed by atoms with E-state index in [9.17, 15) is 4.79 Å². The van der Waals surface area contributed by atoms with E-state index < -0.39 is 0 Å². The Hall–Kier alpha value is -2.85. The number of rotatable bonds is 10. The molecule has 0 aliphatic carbocycles. The van der Waals surface area contributed by atoms with E-state index in [-0.39, 0.29) is 11.9 Å². The van der Waals surface area contributed by atoms with Crippen LogP contribution in [-0.2, 0) is 17.6 Å². The summed E-state index contributed by atoms with van der Waals surface area (Å²) in [5.41, 5.74) is 6.19. The van der Waals surface area contributed by atoms with Crippen LogP contribution in [0.2, 0.25) is 0 Å². The summed E-state index contributed by atoms with van der Waals surface area (Å²) in [6.07, 6.45) is 8.94. The highest BCUT2D eigenvalue weighted by Crippen LogP contribution is 2.36. The first-order valence-electron chi connectivity index (χ1n) is 12.3. The first kappa shape index (κ1) is 24.3. The van der Waals surface area contributed by atoms with E-state index >= 15 is 0 Å². The number of benzene rings is 3. The van der Waals surface area contributed by atoms with Crippen molar-refractivity contribution in [3.05, 3.63) is 106 Å². The molecule has 1 aliphatic rings. The Balaban J connectivity index is 1.59. The van der Waals surface area contributed by atoms with E-state index in [0.29, 0.717) is 5.70 Å². The molecule has 176 valence electrons. The van der Waals surface area contributed by atoms with E-state index in [2.05, 4.69) is 95.8 Å². The maximum atomic E-state index is 13.6. The predicted molar refractivity (Wildman–Crippen MR) is 146 cm³/mol. The fraction of sp³-hybridized carbons (Fsp3) is 0.300. The molecule has 0 spiro atoms. The summed E-state index contributed by atoms with van der Waals surface area (Å²) in [5.74, 6) is -0.00992. The molecule has 1 heterocycles. The lowest BCUT2D eigenvalue weighted by atomic mass is 10.0. The number of carbonyl (C=O) groups is 1. The lowest BCUT2D eigenvalue weighted by molar-refractivity contribution is -0.114. The monoisotopic (exact) mass is 516 g/mol. The van der Waals surface area contributed by atoms with Crippen molar-refractivity contribution in [2.75, 3.05) is 10.2 Å². The minimum atomic E-state index is -0.159. The molecule has 0 fully saturated rings. The standard InChI is InChI=1S/C30H33BrN2O/c1-3-5-7-22-9-17-26(18-10-22)32-28-21-29(24-13-15-25(31)16-14-24)33(30(28)34)27-19-11-23(12-20-27)8-6-4-2/h9-21,29,32H,3-8H2,1-2H3/t29-/m0/s1. The number of amides is 1. The zero-order chi connectivity index (χ0) is 23.9. The number of aryl methyl sites for hydroxylation is 2. The summed E-state index contributed by atoms with van der Waals surface area (Å²) in [4.78, 5) is 15.5. The Kier molecular flexibility index (Phi) is 8.23. The second-order valence-corrected chi connectivity index (χ2v) is 9.86. The maximum absolute atomic E-state index is 13.6. The highest BCUT2D eigenvalue weighted by molar-refractivity contribution is 9.10. The number of nitrogens with zero attached hydrogens (tertiary/aromatic N) is 1. The lowest BCUT2D eigenvalue weighted by Gasteiger charge is -2.25. The van der Waals surface area contributed by atoms with Crippen LogP contribution in [0.4, 0.5) is 11.4 Å². The molecule has 3 aromatic carbocycles. The summed E-state index contributed by atoms with van der Waals surface area (Å²) in [6.45, 7) is 4.42. The lowest BCUT2D eigenvalue weighted by Crippen LogP contribution is -2.30. The molecule has 1 atom stereocenters. The second-order valence-electron chi connectivity index (χ2n) is 8.95. The van der Waals surface area contributed by atoms with Crippen molar-refractivity contribution in [1.29, 1.82) is 0 Å². The average Bonchev–Trinajstić information content (AvgIpc) is 3.18. The molecule has 1 aliphatic heterocycles. The number of nitrogens with one attached hydrogen (secondary N) is 1. The van der Waals surface area contributed by atoms with E-state index in [0.717, 1.165) is 34.3 Å². The molecule has 0 aromatic heterocycles. The largest absolute Gasteiger partial charge is 0.351 e. The third kappa shape index (κ3) is 5.79. The molecule has 0 unspecified atom stereocenters. The van der Waals surface area contributed by atoms with Gasteiger partial charge in [0.15, 0.2) is 0 Å². The summed E-state index contributed by atoms with van der Waals surface area (Å²) < 4.78 is 1.03. The third-order valence-electron chi connectivity index (χ3n) is 6.35. The highest BCUT2D eigenvalue weighted by Gasteiger charge is 2.34. The Morgan fingerprint density at radius 1 is 0.794 bits per heavy atom. The minimum absolute atomic E-state index is 0.00992. The summed E-state index contributed by atoms with van der Waals surface area (Å²) >= 11 is 3.52. The van der Waals surface area contributed by atoms with Crippen molar-refractivity contribution in [3.63, 3.8) is 0 Å². The molecule has 0 radical (unpaired) electrons. The fourth-order valence-electron chi connectivity index (χ4n) is 4.33. The van der Waals surface area contributed by atoms with Crippen molar-refractivity contribution in [1.82, 2.24) is 0 Å². The summed E-state index contributed by atoms with van der Waals surface area (Å²) in [7, 11) is 0. The van der Waals surface area contributed by atoms with Gasteiger partial charge in [0, 0.05) is 15.8 Å². The van der Waals surface area contributed by atoms with E-state index in [1.54, 1.807) is 0 Å². The Bertz CT molecular complexity index is 1120. The molecule has 1 N–H and O–H groups in total. The molecule has 1 amide bonds. The number of carbonyl (C=O) groups excluding carboxylic acids is 1. The average molecular weight is 518 g/mol. The molecule has 3 nitrogen and oxygen atoms in total. The van der Waals surface area contributed by atoms with Crippen molar-refractivity contribution in [2.45, 2.75) is 58.4 Å². The first-order chi connectivity index (χ1) is 16.6. The van der Waals surface area contributed by atoms with Crippen LogP contribution in [0.15, 0.2) is 89.0 Å². The Morgan fingerprint density at radius 3 is 1.91 bits per heavy atom. The normalized spacial score (nSPS) is 15.5. The highest BCUT2D eigenvalue weighted by atomic mass is 79.9. The van der Waals surface area contributed by atoms with Gasteiger partial charge in [0.25, 0.3) is 5.91 Å². The van der Waals surface area contributed by atoms with Crippen molar-refractivity contribution < 1.29 is 4.79 Å². The van der Waals surface area contributed by atoms with Crippen LogP contribution < -0.4 is 10.2 Å². The molecule has 3 aromatic rings. The van der Waals surface area contributed by atoms with Crippen LogP contribution in [0.1, 0.15) is 62.3 Å². The van der Waals surface area contributed by atoms with Gasteiger partial charge in [-0.3, -0.25) is 9.69 Å². The second kappa shape index (κ2) is 11.5. The van der Waals surface area contributed by atoms with Crippen LogP contribution in [0.3, 0.4) is 0 Å². The third-order valence-corrected chi connectivity index (χ3v) is 6.88. The van der Waals surface area contributed by atoms with Gasteiger partial charge in [-0.15, -0.1) is 0 Å². The van der Waals surface area contributed by atoms with E-state index in [1.165, 1.54) is 36.8 Å². The van der Waals surface area contributed by atoms with Gasteiger partial charge in [0.2, 0.25) is 0 Å². The molecular formula is C30H33BrN2O. The molecule has 0 bridgehead atoms. The van der Waals surface area contributed by atoms with Crippen molar-refractivity contribution >= 4 is 33.2 Å². The zero-order valence-corrected chi connectivity index (χ0v) is 21.6. The SMILES string of the molecule is CCCCc1ccc(NC2=C[C@@H](c3ccc(Br)cc3)N(c3ccc(CCCC)cc3)C2=O)cc1. The molecule has 0 saturated carbocycles. The van der Waals surface area contributed by atoms with E-state index in [1.807, 2.05) is 23.1 Å².